The minimum absolute atomic E-state index is 0.233. The lowest BCUT2D eigenvalue weighted by molar-refractivity contribution is -0.317. The lowest BCUT2D eigenvalue weighted by Crippen LogP contribution is -2.53. The molecule has 0 aromatic heterocycles. The molecule has 110 valence electrons. The number of benzene rings is 1. The fourth-order valence-electron chi connectivity index (χ4n) is 2.17. The molecule has 4 nitrogen and oxygen atoms in total. The molecule has 0 spiro atoms. The molecule has 3 atom stereocenters. The van der Waals surface area contributed by atoms with Gasteiger partial charge in [0.05, 0.1) is 13.2 Å². The Morgan fingerprint density at radius 3 is 2.80 bits per heavy atom. The van der Waals surface area contributed by atoms with Crippen LogP contribution < -0.4 is 0 Å². The van der Waals surface area contributed by atoms with Gasteiger partial charge in [-0.1, -0.05) is 36.4 Å². The highest BCUT2D eigenvalue weighted by Crippen LogP contribution is 2.26. The first-order valence-electron chi connectivity index (χ1n) is 6.80. The molecular weight excluding hydrogens is 256 g/mol. The van der Waals surface area contributed by atoms with Crippen LogP contribution in [0.2, 0.25) is 0 Å². The van der Waals surface area contributed by atoms with E-state index in [0.29, 0.717) is 6.61 Å². The maximum absolute atomic E-state index is 10.0. The minimum atomic E-state index is -0.721. The first kappa shape index (κ1) is 15.2. The lowest BCUT2D eigenvalue weighted by Gasteiger charge is -2.41. The van der Waals surface area contributed by atoms with Gasteiger partial charge in [0.1, 0.15) is 18.3 Å². The van der Waals surface area contributed by atoms with Crippen LogP contribution in [-0.4, -0.2) is 35.8 Å². The largest absolute Gasteiger partial charge is 0.388 e. The van der Waals surface area contributed by atoms with Crippen LogP contribution in [0.5, 0.6) is 0 Å². The number of aliphatic hydroxyl groups excluding tert-OH is 1. The van der Waals surface area contributed by atoms with Crippen molar-refractivity contribution in [1.82, 2.24) is 0 Å². The zero-order chi connectivity index (χ0) is 14.6. The maximum atomic E-state index is 10.0. The second-order valence-electron chi connectivity index (χ2n) is 5.36. The quantitative estimate of drug-likeness (QED) is 0.839. The highest BCUT2D eigenvalue weighted by atomic mass is 16.7. The molecule has 20 heavy (non-hydrogen) atoms. The van der Waals surface area contributed by atoms with Crippen molar-refractivity contribution in [3.63, 3.8) is 0 Å². The number of rotatable bonds is 5. The molecule has 0 aliphatic carbocycles. The van der Waals surface area contributed by atoms with Crippen LogP contribution in [0, 0.1) is 0 Å². The van der Waals surface area contributed by atoms with Gasteiger partial charge in [-0.3, -0.25) is 0 Å². The smallest absolute Gasteiger partial charge is 0.163 e. The van der Waals surface area contributed by atoms with Gasteiger partial charge >= 0.3 is 0 Å². The van der Waals surface area contributed by atoms with Gasteiger partial charge in [0.2, 0.25) is 0 Å². The molecule has 1 aromatic carbocycles. The molecule has 2 rings (SSSR count). The maximum Gasteiger partial charge on any atom is 0.163 e. The zero-order valence-corrected chi connectivity index (χ0v) is 12.0. The summed E-state index contributed by atoms with van der Waals surface area (Å²) in [6.07, 6.45) is 0.0910. The van der Waals surface area contributed by atoms with E-state index in [1.165, 1.54) is 0 Å². The third-order valence-electron chi connectivity index (χ3n) is 3.24. The monoisotopic (exact) mass is 278 g/mol. The Balaban J connectivity index is 1.98. The number of hydrogen-bond acceptors (Lipinski definition) is 4. The van der Waals surface area contributed by atoms with Crippen LogP contribution in [0.25, 0.3) is 0 Å². The minimum Gasteiger partial charge on any atom is -0.388 e. The van der Waals surface area contributed by atoms with E-state index in [4.69, 9.17) is 14.2 Å². The Labute approximate surface area is 120 Å². The summed E-state index contributed by atoms with van der Waals surface area (Å²) in [6.45, 7) is 8.10. The normalized spacial score (nSPS) is 26.9. The van der Waals surface area contributed by atoms with E-state index in [2.05, 4.69) is 6.58 Å². The zero-order valence-electron chi connectivity index (χ0n) is 12.0. The highest BCUT2D eigenvalue weighted by molar-refractivity contribution is 5.13. The van der Waals surface area contributed by atoms with Crippen LogP contribution in [0.15, 0.2) is 43.0 Å². The van der Waals surface area contributed by atoms with Crippen LogP contribution in [0.4, 0.5) is 0 Å². The van der Waals surface area contributed by atoms with Gasteiger partial charge in [0.25, 0.3) is 0 Å². The number of hydrogen-bond donors (Lipinski definition) is 1. The predicted octanol–water partition coefficient (Wildman–Crippen LogP) is 2.27. The highest BCUT2D eigenvalue weighted by Gasteiger charge is 2.39. The third-order valence-corrected chi connectivity index (χ3v) is 3.24. The van der Waals surface area contributed by atoms with E-state index >= 15 is 0 Å². The van der Waals surface area contributed by atoms with Gasteiger partial charge < -0.3 is 19.3 Å². The molecule has 4 heteroatoms. The first-order chi connectivity index (χ1) is 9.52. The van der Waals surface area contributed by atoms with Crippen molar-refractivity contribution < 1.29 is 19.3 Å². The standard InChI is InChI=1S/C16H22O4/c1-4-14(18-10-12-8-6-5-7-9-12)15-13(17)11-19-16(2,3)20-15/h4-9,13-15,17H,1,10-11H2,2-3H3/t13-,14+,15+/m1/s1. The molecule has 1 fully saturated rings. The van der Waals surface area contributed by atoms with E-state index in [1.807, 2.05) is 44.2 Å². The van der Waals surface area contributed by atoms with Gasteiger partial charge in [0, 0.05) is 0 Å². The van der Waals surface area contributed by atoms with Crippen LogP contribution in [0.1, 0.15) is 19.4 Å². The summed E-state index contributed by atoms with van der Waals surface area (Å²) in [5.74, 6) is -0.721. The summed E-state index contributed by atoms with van der Waals surface area (Å²) >= 11 is 0. The molecule has 1 aromatic rings. The molecule has 1 heterocycles. The summed E-state index contributed by atoms with van der Waals surface area (Å²) < 4.78 is 17.0. The number of aliphatic hydroxyl groups is 1. The van der Waals surface area contributed by atoms with Gasteiger partial charge in [-0.05, 0) is 19.4 Å². The summed E-state index contributed by atoms with van der Waals surface area (Å²) in [7, 11) is 0. The van der Waals surface area contributed by atoms with Crippen molar-refractivity contribution in [3.8, 4) is 0 Å². The molecule has 1 aliphatic heterocycles. The van der Waals surface area contributed by atoms with E-state index in [9.17, 15) is 5.11 Å². The molecule has 0 radical (unpaired) electrons. The van der Waals surface area contributed by atoms with Crippen LogP contribution in [0.3, 0.4) is 0 Å². The van der Waals surface area contributed by atoms with Crippen LogP contribution in [-0.2, 0) is 20.8 Å². The first-order valence-corrected chi connectivity index (χ1v) is 6.80. The van der Waals surface area contributed by atoms with Crippen molar-refractivity contribution in [2.24, 2.45) is 0 Å². The predicted molar refractivity (Wildman–Crippen MR) is 76.1 cm³/mol. The SMILES string of the molecule is C=C[C@H](OCc1ccccc1)[C@H]1OC(C)(C)OC[C@H]1O. The molecule has 0 amide bonds. The Morgan fingerprint density at radius 2 is 2.15 bits per heavy atom. The third kappa shape index (κ3) is 3.90. The Hall–Kier alpha value is -1.20. The van der Waals surface area contributed by atoms with E-state index < -0.39 is 18.0 Å². The lowest BCUT2D eigenvalue weighted by atomic mass is 10.1. The van der Waals surface area contributed by atoms with Gasteiger partial charge in [-0.2, -0.15) is 0 Å². The fourth-order valence-corrected chi connectivity index (χ4v) is 2.17. The summed E-state index contributed by atoms with van der Waals surface area (Å²) in [6, 6.07) is 9.87. The molecule has 0 saturated carbocycles. The molecular formula is C16H22O4. The molecule has 0 unspecified atom stereocenters. The van der Waals surface area contributed by atoms with Crippen molar-refractivity contribution in [2.45, 2.75) is 44.6 Å². The van der Waals surface area contributed by atoms with Crippen molar-refractivity contribution in [1.29, 1.82) is 0 Å². The average molecular weight is 278 g/mol. The summed E-state index contributed by atoms with van der Waals surface area (Å²) in [4.78, 5) is 0. The van der Waals surface area contributed by atoms with Crippen molar-refractivity contribution in [3.05, 3.63) is 48.6 Å². The van der Waals surface area contributed by atoms with E-state index in [-0.39, 0.29) is 12.7 Å². The van der Waals surface area contributed by atoms with Crippen molar-refractivity contribution in [2.75, 3.05) is 6.61 Å². The molecule has 1 saturated heterocycles. The van der Waals surface area contributed by atoms with Crippen LogP contribution >= 0.6 is 0 Å². The summed E-state index contributed by atoms with van der Waals surface area (Å²) in [5, 5.41) is 10.0. The average Bonchev–Trinajstić information content (AvgIpc) is 2.44. The Morgan fingerprint density at radius 1 is 1.45 bits per heavy atom. The molecule has 0 bridgehead atoms. The molecule has 1 aliphatic rings. The second-order valence-corrected chi connectivity index (χ2v) is 5.36. The topological polar surface area (TPSA) is 47.9 Å². The Bertz CT molecular complexity index is 429. The second kappa shape index (κ2) is 6.50. The molecule has 1 N–H and O–H groups in total. The van der Waals surface area contributed by atoms with Gasteiger partial charge in [0.15, 0.2) is 5.79 Å². The van der Waals surface area contributed by atoms with Gasteiger partial charge in [-0.25, -0.2) is 0 Å². The van der Waals surface area contributed by atoms with Gasteiger partial charge in [-0.15, -0.1) is 6.58 Å². The summed E-state index contributed by atoms with van der Waals surface area (Å²) in [5.41, 5.74) is 1.07. The van der Waals surface area contributed by atoms with E-state index in [1.54, 1.807) is 6.08 Å². The fraction of sp³-hybridized carbons (Fsp3) is 0.500. The Kier molecular flexibility index (Phi) is 4.94. The number of ether oxygens (including phenoxy) is 3. The van der Waals surface area contributed by atoms with Crippen molar-refractivity contribution >= 4 is 0 Å². The van der Waals surface area contributed by atoms with E-state index in [0.717, 1.165) is 5.56 Å².